The highest BCUT2D eigenvalue weighted by atomic mass is 35.5. The van der Waals surface area contributed by atoms with Crippen molar-refractivity contribution in [1.82, 2.24) is 10.3 Å². The van der Waals surface area contributed by atoms with Crippen LogP contribution in [0.3, 0.4) is 0 Å². The van der Waals surface area contributed by atoms with Crippen LogP contribution in [0.1, 0.15) is 32.1 Å². The molecule has 2 bridgehead atoms. The first kappa shape index (κ1) is 21.5. The molecular formula is C20H25Cl2N3O2. The second kappa shape index (κ2) is 9.93. The molecule has 2 unspecified atom stereocenters. The van der Waals surface area contributed by atoms with Crippen molar-refractivity contribution in [3.63, 3.8) is 0 Å². The van der Waals surface area contributed by atoms with E-state index in [4.69, 9.17) is 4.74 Å². The molecule has 2 aliphatic heterocycles. The van der Waals surface area contributed by atoms with Crippen LogP contribution in [0.15, 0.2) is 48.7 Å². The Balaban J connectivity index is 0.00000131. The van der Waals surface area contributed by atoms with Gasteiger partial charge in [0.2, 0.25) is 11.8 Å². The molecule has 7 heteroatoms. The third-order valence-electron chi connectivity index (χ3n) is 5.03. The molecule has 0 saturated carbocycles. The fourth-order valence-corrected chi connectivity index (χ4v) is 3.94. The van der Waals surface area contributed by atoms with Gasteiger partial charge in [0, 0.05) is 24.6 Å². The van der Waals surface area contributed by atoms with E-state index in [9.17, 15) is 4.79 Å². The molecule has 0 aliphatic carbocycles. The Labute approximate surface area is 172 Å². The molecule has 3 heterocycles. The number of rotatable bonds is 5. The number of aromatic nitrogens is 1. The zero-order chi connectivity index (χ0) is 17.1. The number of ether oxygens (including phenoxy) is 1. The lowest BCUT2D eigenvalue weighted by Gasteiger charge is -2.28. The molecule has 5 nitrogen and oxygen atoms in total. The number of anilines is 1. The minimum absolute atomic E-state index is 0. The number of hydrogen-bond acceptors (Lipinski definition) is 4. The predicted molar refractivity (Wildman–Crippen MR) is 111 cm³/mol. The minimum Gasteiger partial charge on any atom is -0.439 e. The van der Waals surface area contributed by atoms with Gasteiger partial charge in [-0.2, -0.15) is 0 Å². The quantitative estimate of drug-likeness (QED) is 0.758. The van der Waals surface area contributed by atoms with Gasteiger partial charge in [-0.25, -0.2) is 4.98 Å². The van der Waals surface area contributed by atoms with E-state index >= 15 is 0 Å². The van der Waals surface area contributed by atoms with E-state index in [2.05, 4.69) is 15.6 Å². The Bertz CT molecular complexity index is 716. The van der Waals surface area contributed by atoms with Crippen LogP contribution in [-0.2, 0) is 4.79 Å². The number of amides is 1. The summed E-state index contributed by atoms with van der Waals surface area (Å²) >= 11 is 0. The number of para-hydroxylation sites is 1. The third-order valence-corrected chi connectivity index (χ3v) is 5.03. The van der Waals surface area contributed by atoms with Gasteiger partial charge in [0.1, 0.15) is 5.75 Å². The van der Waals surface area contributed by atoms with E-state index in [1.165, 1.54) is 12.8 Å². The second-order valence-corrected chi connectivity index (χ2v) is 7.03. The lowest BCUT2D eigenvalue weighted by Crippen LogP contribution is -2.39. The van der Waals surface area contributed by atoms with Gasteiger partial charge in [0.05, 0.1) is 11.9 Å². The average molecular weight is 410 g/mol. The summed E-state index contributed by atoms with van der Waals surface area (Å²) in [6, 6.07) is 14.4. The van der Waals surface area contributed by atoms with Gasteiger partial charge in [-0.05, 0) is 49.8 Å². The summed E-state index contributed by atoms with van der Waals surface area (Å²) in [5.74, 6) is 1.82. The molecule has 2 saturated heterocycles. The van der Waals surface area contributed by atoms with E-state index in [-0.39, 0.29) is 30.7 Å². The highest BCUT2D eigenvalue weighted by Gasteiger charge is 2.34. The van der Waals surface area contributed by atoms with Crippen LogP contribution >= 0.6 is 24.8 Å². The largest absolute Gasteiger partial charge is 0.439 e. The van der Waals surface area contributed by atoms with E-state index in [1.807, 2.05) is 36.4 Å². The lowest BCUT2D eigenvalue weighted by molar-refractivity contribution is -0.117. The molecule has 4 rings (SSSR count). The van der Waals surface area contributed by atoms with Gasteiger partial charge in [-0.3, -0.25) is 4.79 Å². The van der Waals surface area contributed by atoms with Crippen molar-refractivity contribution in [3.8, 4) is 11.6 Å². The van der Waals surface area contributed by atoms with Crippen molar-refractivity contribution in [3.05, 3.63) is 48.7 Å². The molecule has 2 fully saturated rings. The van der Waals surface area contributed by atoms with Crippen LogP contribution in [0, 0.1) is 5.92 Å². The Morgan fingerprint density at radius 3 is 2.41 bits per heavy atom. The second-order valence-electron chi connectivity index (χ2n) is 7.03. The number of piperidine rings is 1. The van der Waals surface area contributed by atoms with Gasteiger partial charge in [-0.15, -0.1) is 24.8 Å². The fourth-order valence-electron chi connectivity index (χ4n) is 3.94. The summed E-state index contributed by atoms with van der Waals surface area (Å²) in [6.07, 6.45) is 6.99. The highest BCUT2D eigenvalue weighted by molar-refractivity contribution is 5.90. The molecule has 2 N–H and O–H groups in total. The normalized spacial score (nSPS) is 22.9. The first-order chi connectivity index (χ1) is 12.2. The predicted octanol–water partition coefficient (Wildman–Crippen LogP) is 4.58. The van der Waals surface area contributed by atoms with Crippen molar-refractivity contribution < 1.29 is 9.53 Å². The molecule has 2 atom stereocenters. The van der Waals surface area contributed by atoms with Crippen LogP contribution in [0.4, 0.5) is 5.69 Å². The number of carbonyl (C=O) groups excluding carboxylic acids is 1. The number of pyridine rings is 1. The van der Waals surface area contributed by atoms with Crippen molar-refractivity contribution >= 4 is 36.4 Å². The fraction of sp³-hybridized carbons (Fsp3) is 0.400. The van der Waals surface area contributed by atoms with E-state index in [0.29, 0.717) is 36.0 Å². The summed E-state index contributed by atoms with van der Waals surface area (Å²) in [7, 11) is 0. The highest BCUT2D eigenvalue weighted by Crippen LogP contribution is 2.32. The summed E-state index contributed by atoms with van der Waals surface area (Å²) in [5, 5.41) is 6.57. The molecule has 0 spiro atoms. The van der Waals surface area contributed by atoms with Gasteiger partial charge >= 0.3 is 0 Å². The summed E-state index contributed by atoms with van der Waals surface area (Å²) < 4.78 is 5.66. The Morgan fingerprint density at radius 2 is 1.78 bits per heavy atom. The number of benzene rings is 1. The zero-order valence-electron chi connectivity index (χ0n) is 15.0. The van der Waals surface area contributed by atoms with Crippen molar-refractivity contribution in [2.45, 2.75) is 44.2 Å². The molecule has 27 heavy (non-hydrogen) atoms. The Morgan fingerprint density at radius 1 is 1.07 bits per heavy atom. The average Bonchev–Trinajstić information content (AvgIpc) is 2.96. The molecule has 146 valence electrons. The molecule has 1 aromatic heterocycles. The van der Waals surface area contributed by atoms with Crippen molar-refractivity contribution in [1.29, 1.82) is 0 Å². The third kappa shape index (κ3) is 5.83. The monoisotopic (exact) mass is 409 g/mol. The van der Waals surface area contributed by atoms with Crippen LogP contribution in [0.5, 0.6) is 11.6 Å². The summed E-state index contributed by atoms with van der Waals surface area (Å²) in [5.41, 5.74) is 0.710. The van der Waals surface area contributed by atoms with Gasteiger partial charge in [0.25, 0.3) is 0 Å². The molecule has 1 aromatic carbocycles. The summed E-state index contributed by atoms with van der Waals surface area (Å²) in [6.45, 7) is 0. The SMILES string of the molecule is Cl.Cl.O=C(CC1CC2CCC(C1)N2)Nc1ccc(Oc2ccccc2)nc1. The van der Waals surface area contributed by atoms with Crippen LogP contribution in [0.2, 0.25) is 0 Å². The van der Waals surface area contributed by atoms with Crippen LogP contribution in [-0.4, -0.2) is 23.0 Å². The number of hydrogen-bond donors (Lipinski definition) is 2. The standard InChI is InChI=1S/C20H23N3O2.2ClH/c24-19(12-14-10-15-6-7-16(11-14)22-15)23-17-8-9-20(21-13-17)25-18-4-2-1-3-5-18;;/h1-5,8-9,13-16,22H,6-7,10-12H2,(H,23,24);2*1H. The molecule has 1 amide bonds. The first-order valence-electron chi connectivity index (χ1n) is 8.99. The maximum Gasteiger partial charge on any atom is 0.224 e. The topological polar surface area (TPSA) is 63.2 Å². The van der Waals surface area contributed by atoms with E-state index in [0.717, 1.165) is 18.6 Å². The number of fused-ring (bicyclic) bond motifs is 2. The summed E-state index contributed by atoms with van der Waals surface area (Å²) in [4.78, 5) is 16.6. The lowest BCUT2D eigenvalue weighted by atomic mass is 9.89. The Hall–Kier alpha value is -1.82. The molecule has 2 aromatic rings. The van der Waals surface area contributed by atoms with E-state index in [1.54, 1.807) is 12.3 Å². The van der Waals surface area contributed by atoms with Crippen molar-refractivity contribution in [2.75, 3.05) is 5.32 Å². The first-order valence-corrected chi connectivity index (χ1v) is 8.99. The van der Waals surface area contributed by atoms with Gasteiger partial charge in [-0.1, -0.05) is 18.2 Å². The maximum absolute atomic E-state index is 12.3. The van der Waals surface area contributed by atoms with Crippen LogP contribution < -0.4 is 15.4 Å². The van der Waals surface area contributed by atoms with Crippen molar-refractivity contribution in [2.24, 2.45) is 5.92 Å². The minimum atomic E-state index is 0. The molecular weight excluding hydrogens is 385 g/mol. The number of nitrogens with zero attached hydrogens (tertiary/aromatic N) is 1. The number of halogens is 2. The van der Waals surface area contributed by atoms with E-state index < -0.39 is 0 Å². The van der Waals surface area contributed by atoms with Gasteiger partial charge < -0.3 is 15.4 Å². The number of carbonyl (C=O) groups is 1. The smallest absolute Gasteiger partial charge is 0.224 e. The maximum atomic E-state index is 12.3. The van der Waals surface area contributed by atoms with Crippen LogP contribution in [0.25, 0.3) is 0 Å². The zero-order valence-corrected chi connectivity index (χ0v) is 16.6. The molecule has 2 aliphatic rings. The Kier molecular flexibility index (Phi) is 7.90. The van der Waals surface area contributed by atoms with Gasteiger partial charge in [0.15, 0.2) is 0 Å². The number of nitrogens with one attached hydrogen (secondary N) is 2. The molecule has 0 radical (unpaired) electrons.